The first-order valence-corrected chi connectivity index (χ1v) is 8.75. The number of hydrogen-bond acceptors (Lipinski definition) is 3. The summed E-state index contributed by atoms with van der Waals surface area (Å²) in [6.07, 6.45) is 1.76. The van der Waals surface area contributed by atoms with Crippen molar-refractivity contribution in [3.8, 4) is 0 Å². The van der Waals surface area contributed by atoms with Gasteiger partial charge >= 0.3 is 0 Å². The van der Waals surface area contributed by atoms with Gasteiger partial charge < -0.3 is 9.73 Å². The summed E-state index contributed by atoms with van der Waals surface area (Å²) in [5.41, 5.74) is 3.11. The molecule has 0 saturated heterocycles. The second-order valence-electron chi connectivity index (χ2n) is 5.96. The Hall–Kier alpha value is -3.37. The van der Waals surface area contributed by atoms with Crippen LogP contribution in [0.2, 0.25) is 5.02 Å². The van der Waals surface area contributed by atoms with Gasteiger partial charge in [0.05, 0.1) is 5.69 Å². The van der Waals surface area contributed by atoms with Crippen molar-refractivity contribution in [2.45, 2.75) is 0 Å². The van der Waals surface area contributed by atoms with E-state index in [9.17, 15) is 4.79 Å². The van der Waals surface area contributed by atoms with Crippen molar-refractivity contribution in [3.05, 3.63) is 95.2 Å². The largest absolute Gasteiger partial charge is 0.451 e. The first-order valence-electron chi connectivity index (χ1n) is 8.37. The molecule has 1 heterocycles. The van der Waals surface area contributed by atoms with Crippen molar-refractivity contribution in [2.24, 2.45) is 4.99 Å². The van der Waals surface area contributed by atoms with Crippen molar-refractivity contribution in [1.82, 2.24) is 0 Å². The quantitative estimate of drug-likeness (QED) is 0.439. The Bertz CT molecular complexity index is 1080. The van der Waals surface area contributed by atoms with Crippen LogP contribution in [-0.2, 0) is 0 Å². The van der Waals surface area contributed by atoms with E-state index in [2.05, 4.69) is 10.3 Å². The van der Waals surface area contributed by atoms with Gasteiger partial charge in [-0.25, -0.2) is 0 Å². The minimum absolute atomic E-state index is 0.279. The maximum atomic E-state index is 12.4. The summed E-state index contributed by atoms with van der Waals surface area (Å²) in [6, 6.07) is 23.9. The number of benzene rings is 3. The SMILES string of the molecule is O=C(Nc1ccc(N=Cc2ccc(Cl)cc2)cc1)c1cc2ccccc2o1. The molecule has 0 spiro atoms. The second-order valence-corrected chi connectivity index (χ2v) is 6.40. The molecule has 5 heteroatoms. The number of amides is 1. The van der Waals surface area contributed by atoms with E-state index in [0.717, 1.165) is 16.6 Å². The Balaban J connectivity index is 1.44. The summed E-state index contributed by atoms with van der Waals surface area (Å²) in [6.45, 7) is 0. The molecule has 0 aliphatic rings. The highest BCUT2D eigenvalue weighted by Crippen LogP contribution is 2.21. The Morgan fingerprint density at radius 2 is 1.70 bits per heavy atom. The molecule has 0 aliphatic carbocycles. The molecule has 27 heavy (non-hydrogen) atoms. The van der Waals surface area contributed by atoms with Gasteiger partial charge in [-0.3, -0.25) is 9.79 Å². The third kappa shape index (κ3) is 4.07. The molecular formula is C22H15ClN2O2. The topological polar surface area (TPSA) is 54.6 Å². The maximum Gasteiger partial charge on any atom is 0.291 e. The molecule has 0 radical (unpaired) electrons. The summed E-state index contributed by atoms with van der Waals surface area (Å²) in [5, 5.41) is 4.42. The lowest BCUT2D eigenvalue weighted by Crippen LogP contribution is -2.10. The lowest BCUT2D eigenvalue weighted by atomic mass is 10.2. The maximum absolute atomic E-state index is 12.4. The van der Waals surface area contributed by atoms with E-state index in [0.29, 0.717) is 16.3 Å². The number of nitrogens with one attached hydrogen (secondary N) is 1. The minimum atomic E-state index is -0.288. The highest BCUT2D eigenvalue weighted by molar-refractivity contribution is 6.30. The fourth-order valence-corrected chi connectivity index (χ4v) is 2.74. The van der Waals surface area contributed by atoms with Gasteiger partial charge in [0.25, 0.3) is 5.91 Å². The van der Waals surface area contributed by atoms with E-state index in [1.807, 2.05) is 60.7 Å². The highest BCUT2D eigenvalue weighted by Gasteiger charge is 2.12. The first-order chi connectivity index (χ1) is 13.2. The Kier molecular flexibility index (Phi) is 4.73. The number of anilines is 1. The van der Waals surface area contributed by atoms with Gasteiger partial charge in [-0.2, -0.15) is 0 Å². The zero-order valence-electron chi connectivity index (χ0n) is 14.2. The zero-order valence-corrected chi connectivity index (χ0v) is 15.0. The third-order valence-electron chi connectivity index (χ3n) is 4.01. The molecular weight excluding hydrogens is 360 g/mol. The number of carbonyl (C=O) groups is 1. The van der Waals surface area contributed by atoms with Crippen molar-refractivity contribution in [3.63, 3.8) is 0 Å². The number of fused-ring (bicyclic) bond motifs is 1. The molecule has 0 fully saturated rings. The van der Waals surface area contributed by atoms with Crippen molar-refractivity contribution in [1.29, 1.82) is 0 Å². The normalized spacial score (nSPS) is 11.1. The molecule has 4 nitrogen and oxygen atoms in total. The Morgan fingerprint density at radius 3 is 2.44 bits per heavy atom. The number of rotatable bonds is 4. The molecule has 0 unspecified atom stereocenters. The van der Waals surface area contributed by atoms with E-state index < -0.39 is 0 Å². The standard InChI is InChI=1S/C22H15ClN2O2/c23-17-7-5-15(6-8-17)14-24-18-9-11-19(12-10-18)25-22(26)21-13-16-3-1-2-4-20(16)27-21/h1-14H,(H,25,26). The monoisotopic (exact) mass is 374 g/mol. The fraction of sp³-hybridized carbons (Fsp3) is 0. The molecule has 4 aromatic rings. The predicted molar refractivity (Wildman–Crippen MR) is 109 cm³/mol. The van der Waals surface area contributed by atoms with E-state index in [1.165, 1.54) is 0 Å². The zero-order chi connectivity index (χ0) is 18.6. The van der Waals surface area contributed by atoms with Crippen LogP contribution >= 0.6 is 11.6 Å². The molecule has 1 amide bonds. The average Bonchev–Trinajstić information content (AvgIpc) is 3.13. The molecule has 0 bridgehead atoms. The van der Waals surface area contributed by atoms with Crippen LogP contribution < -0.4 is 5.32 Å². The summed E-state index contributed by atoms with van der Waals surface area (Å²) in [7, 11) is 0. The van der Waals surface area contributed by atoms with Crippen LogP contribution in [0.25, 0.3) is 11.0 Å². The second kappa shape index (κ2) is 7.48. The van der Waals surface area contributed by atoms with Crippen LogP contribution in [0.5, 0.6) is 0 Å². The van der Waals surface area contributed by atoms with Crippen LogP contribution in [0, 0.1) is 0 Å². The highest BCUT2D eigenvalue weighted by atomic mass is 35.5. The molecule has 1 N–H and O–H groups in total. The summed E-state index contributed by atoms with van der Waals surface area (Å²) in [5.74, 6) is -0.00958. The van der Waals surface area contributed by atoms with Crippen molar-refractivity contribution >= 4 is 46.1 Å². The van der Waals surface area contributed by atoms with Gasteiger partial charge in [-0.05, 0) is 54.1 Å². The number of nitrogens with zero attached hydrogens (tertiary/aromatic N) is 1. The summed E-state index contributed by atoms with van der Waals surface area (Å²) in [4.78, 5) is 16.8. The summed E-state index contributed by atoms with van der Waals surface area (Å²) < 4.78 is 5.58. The number of para-hydroxylation sites is 1. The molecule has 4 rings (SSSR count). The molecule has 0 atom stereocenters. The van der Waals surface area contributed by atoms with Crippen molar-refractivity contribution in [2.75, 3.05) is 5.32 Å². The fourth-order valence-electron chi connectivity index (χ4n) is 2.62. The number of aliphatic imine (C=N–C) groups is 1. The van der Waals surface area contributed by atoms with E-state index in [1.54, 1.807) is 24.4 Å². The van der Waals surface area contributed by atoms with Crippen LogP contribution in [0.15, 0.2) is 88.3 Å². The predicted octanol–water partition coefficient (Wildman–Crippen LogP) is 6.09. The third-order valence-corrected chi connectivity index (χ3v) is 4.26. The minimum Gasteiger partial charge on any atom is -0.451 e. The van der Waals surface area contributed by atoms with Crippen LogP contribution in [0.1, 0.15) is 16.1 Å². The van der Waals surface area contributed by atoms with E-state index in [4.69, 9.17) is 16.0 Å². The average molecular weight is 375 g/mol. The number of hydrogen-bond donors (Lipinski definition) is 1. The van der Waals surface area contributed by atoms with Gasteiger partial charge in [-0.15, -0.1) is 0 Å². The number of carbonyl (C=O) groups excluding carboxylic acids is 1. The first kappa shape index (κ1) is 17.1. The lowest BCUT2D eigenvalue weighted by Gasteiger charge is -2.03. The van der Waals surface area contributed by atoms with Gasteiger partial charge in [0.1, 0.15) is 5.58 Å². The molecule has 3 aromatic carbocycles. The lowest BCUT2D eigenvalue weighted by molar-refractivity contribution is 0.0998. The number of furan rings is 1. The van der Waals surface area contributed by atoms with Gasteiger partial charge in [0.15, 0.2) is 5.76 Å². The number of halogens is 1. The van der Waals surface area contributed by atoms with E-state index in [-0.39, 0.29) is 11.7 Å². The molecule has 1 aromatic heterocycles. The molecule has 0 saturated carbocycles. The van der Waals surface area contributed by atoms with E-state index >= 15 is 0 Å². The molecule has 0 aliphatic heterocycles. The molecule has 132 valence electrons. The van der Waals surface area contributed by atoms with Crippen molar-refractivity contribution < 1.29 is 9.21 Å². The Labute approximate surface area is 161 Å². The summed E-state index contributed by atoms with van der Waals surface area (Å²) >= 11 is 5.87. The van der Waals surface area contributed by atoms with Gasteiger partial charge in [0, 0.05) is 22.3 Å². The van der Waals surface area contributed by atoms with Crippen LogP contribution in [-0.4, -0.2) is 12.1 Å². The Morgan fingerprint density at radius 1 is 0.963 bits per heavy atom. The van der Waals surface area contributed by atoms with Gasteiger partial charge in [-0.1, -0.05) is 41.9 Å². The van der Waals surface area contributed by atoms with Crippen LogP contribution in [0.3, 0.4) is 0 Å². The van der Waals surface area contributed by atoms with Crippen LogP contribution in [0.4, 0.5) is 11.4 Å². The van der Waals surface area contributed by atoms with Gasteiger partial charge in [0.2, 0.25) is 0 Å². The smallest absolute Gasteiger partial charge is 0.291 e.